The highest BCUT2D eigenvalue weighted by Gasteiger charge is 1.79. The molecule has 0 N–H and O–H groups in total. The maximum absolute atomic E-state index is 3.63. The van der Waals surface area contributed by atoms with Crippen LogP contribution in [-0.2, 0) is 0 Å². The summed E-state index contributed by atoms with van der Waals surface area (Å²) in [7, 11) is 0. The second-order valence-electron chi connectivity index (χ2n) is 2.24. The van der Waals surface area contributed by atoms with Crippen molar-refractivity contribution in [2.24, 2.45) is 0 Å². The zero-order valence-electron chi connectivity index (χ0n) is 10.1. The van der Waals surface area contributed by atoms with Crippen LogP contribution in [-0.4, -0.2) is 0 Å². The molecule has 0 aliphatic heterocycles. The summed E-state index contributed by atoms with van der Waals surface area (Å²) >= 11 is 0. The molecule has 0 saturated carbocycles. The molecule has 0 atom stereocenters. The molecule has 0 fully saturated rings. The minimum atomic E-state index is 1.04. The molecule has 0 aliphatic rings. The Morgan fingerprint density at radius 2 is 1.46 bits per heavy atom. The van der Waals surface area contributed by atoms with Crippen LogP contribution >= 0.6 is 0 Å². The van der Waals surface area contributed by atoms with E-state index in [4.69, 9.17) is 0 Å². The van der Waals surface area contributed by atoms with Gasteiger partial charge in [0.05, 0.1) is 0 Å². The third-order valence-corrected chi connectivity index (χ3v) is 1.00. The standard InChI is InChI=1S/C8H12.C3H8.C2H6/c1-4-7-8(5-2)6-3;1-3-2;1-2/h4-5,7H,1-2,6H2,3H3;3H2,1-2H3;1-2H3/b8-7+;;. The minimum absolute atomic E-state index is 1.04. The fourth-order valence-electron chi connectivity index (χ4n) is 0.482. The lowest BCUT2D eigenvalue weighted by Gasteiger charge is -1.89. The van der Waals surface area contributed by atoms with E-state index in [1.165, 1.54) is 12.0 Å². The fraction of sp³-hybridized carbons (Fsp3) is 0.538. The van der Waals surface area contributed by atoms with Crippen molar-refractivity contribution in [2.75, 3.05) is 0 Å². The first-order valence-corrected chi connectivity index (χ1v) is 5.20. The van der Waals surface area contributed by atoms with Crippen LogP contribution in [0.25, 0.3) is 0 Å². The molecule has 0 heterocycles. The van der Waals surface area contributed by atoms with E-state index in [1.54, 1.807) is 6.08 Å². The van der Waals surface area contributed by atoms with Gasteiger partial charge in [0.1, 0.15) is 0 Å². The van der Waals surface area contributed by atoms with E-state index in [0.717, 1.165) is 6.42 Å². The predicted octanol–water partition coefficient (Wildman–Crippen LogP) is 5.14. The summed E-state index contributed by atoms with van der Waals surface area (Å²) < 4.78 is 0. The monoisotopic (exact) mass is 182 g/mol. The van der Waals surface area contributed by atoms with Crippen LogP contribution in [0.15, 0.2) is 37.0 Å². The molecule has 0 aromatic heterocycles. The topological polar surface area (TPSA) is 0 Å². The average Bonchev–Trinajstić information content (AvgIpc) is 2.18. The van der Waals surface area contributed by atoms with Gasteiger partial charge in [-0.1, -0.05) is 72.4 Å². The molecule has 0 rings (SSSR count). The van der Waals surface area contributed by atoms with Gasteiger partial charge in [0.2, 0.25) is 0 Å². The Kier molecular flexibility index (Phi) is 31.3. The predicted molar refractivity (Wildman–Crippen MR) is 66.1 cm³/mol. The van der Waals surface area contributed by atoms with Crippen LogP contribution in [0.3, 0.4) is 0 Å². The van der Waals surface area contributed by atoms with E-state index < -0.39 is 0 Å². The van der Waals surface area contributed by atoms with Crippen LogP contribution in [0.4, 0.5) is 0 Å². The Morgan fingerprint density at radius 1 is 1.08 bits per heavy atom. The minimum Gasteiger partial charge on any atom is -0.0991 e. The molecule has 0 saturated heterocycles. The summed E-state index contributed by atoms with van der Waals surface area (Å²) in [6.45, 7) is 17.6. The number of hydrogen-bond donors (Lipinski definition) is 0. The van der Waals surface area contributed by atoms with Gasteiger partial charge in [-0.2, -0.15) is 0 Å². The maximum Gasteiger partial charge on any atom is -0.0308 e. The first-order valence-electron chi connectivity index (χ1n) is 5.20. The summed E-state index contributed by atoms with van der Waals surface area (Å²) in [5.41, 5.74) is 1.24. The normalized spacial score (nSPS) is 8.54. The molecule has 0 amide bonds. The third-order valence-electron chi connectivity index (χ3n) is 1.00. The summed E-state index contributed by atoms with van der Waals surface area (Å²) in [5.74, 6) is 0. The molecule has 0 radical (unpaired) electrons. The molecule has 0 heteroatoms. The highest BCUT2D eigenvalue weighted by Crippen LogP contribution is 1.99. The van der Waals surface area contributed by atoms with Crippen molar-refractivity contribution in [1.82, 2.24) is 0 Å². The van der Waals surface area contributed by atoms with E-state index >= 15 is 0 Å². The second kappa shape index (κ2) is 22.5. The van der Waals surface area contributed by atoms with Crippen LogP contribution in [0.2, 0.25) is 0 Å². The maximum atomic E-state index is 3.63. The molecule has 0 aromatic rings. The van der Waals surface area contributed by atoms with Gasteiger partial charge >= 0.3 is 0 Å². The van der Waals surface area contributed by atoms with Gasteiger partial charge in [0.15, 0.2) is 0 Å². The van der Waals surface area contributed by atoms with Crippen molar-refractivity contribution in [2.45, 2.75) is 47.5 Å². The molecule has 0 unspecified atom stereocenters. The molecule has 13 heavy (non-hydrogen) atoms. The Morgan fingerprint density at radius 3 is 1.54 bits per heavy atom. The molecule has 0 nitrogen and oxygen atoms in total. The van der Waals surface area contributed by atoms with Gasteiger partial charge in [-0.25, -0.2) is 0 Å². The van der Waals surface area contributed by atoms with E-state index in [2.05, 4.69) is 33.9 Å². The van der Waals surface area contributed by atoms with Gasteiger partial charge < -0.3 is 0 Å². The molecular weight excluding hydrogens is 156 g/mol. The Bertz CT molecular complexity index is 118. The van der Waals surface area contributed by atoms with Crippen molar-refractivity contribution in [3.8, 4) is 0 Å². The van der Waals surface area contributed by atoms with Crippen LogP contribution in [0.1, 0.15) is 47.5 Å². The molecule has 78 valence electrons. The lowest BCUT2D eigenvalue weighted by atomic mass is 10.2. The first kappa shape index (κ1) is 18.1. The van der Waals surface area contributed by atoms with Gasteiger partial charge in [0, 0.05) is 0 Å². The Hall–Kier alpha value is -0.780. The smallest absolute Gasteiger partial charge is 0.0308 e. The SMILES string of the molecule is C=C/C=C(\C=C)CC.CC.CCC. The van der Waals surface area contributed by atoms with Gasteiger partial charge in [-0.15, -0.1) is 0 Å². The molecule has 0 aliphatic carbocycles. The van der Waals surface area contributed by atoms with Crippen molar-refractivity contribution < 1.29 is 0 Å². The average molecular weight is 182 g/mol. The van der Waals surface area contributed by atoms with Crippen molar-refractivity contribution in [1.29, 1.82) is 0 Å². The van der Waals surface area contributed by atoms with Gasteiger partial charge in [-0.3, -0.25) is 0 Å². The summed E-state index contributed by atoms with van der Waals surface area (Å²) in [6, 6.07) is 0. The largest absolute Gasteiger partial charge is 0.0991 e. The zero-order chi connectivity index (χ0) is 11.1. The summed E-state index contributed by atoms with van der Waals surface area (Å²) in [4.78, 5) is 0. The highest BCUT2D eigenvalue weighted by molar-refractivity contribution is 5.20. The van der Waals surface area contributed by atoms with E-state index in [0.29, 0.717) is 0 Å². The van der Waals surface area contributed by atoms with Crippen molar-refractivity contribution in [3.63, 3.8) is 0 Å². The quantitative estimate of drug-likeness (QED) is 0.530. The van der Waals surface area contributed by atoms with E-state index in [-0.39, 0.29) is 0 Å². The first-order chi connectivity index (χ1) is 6.26. The number of rotatable bonds is 3. The van der Waals surface area contributed by atoms with Crippen LogP contribution < -0.4 is 0 Å². The summed E-state index contributed by atoms with van der Waals surface area (Å²) in [5, 5.41) is 0. The second-order valence-corrected chi connectivity index (χ2v) is 2.24. The Labute approximate surface area is 85.1 Å². The number of allylic oxidation sites excluding steroid dienone is 4. The van der Waals surface area contributed by atoms with Gasteiger partial charge in [-0.05, 0) is 12.0 Å². The third kappa shape index (κ3) is 24.7. The van der Waals surface area contributed by atoms with Crippen molar-refractivity contribution in [3.05, 3.63) is 37.0 Å². The van der Waals surface area contributed by atoms with E-state index in [1.807, 2.05) is 26.0 Å². The zero-order valence-corrected chi connectivity index (χ0v) is 10.1. The highest BCUT2D eigenvalue weighted by atomic mass is 13.8. The van der Waals surface area contributed by atoms with E-state index in [9.17, 15) is 0 Å². The fourth-order valence-corrected chi connectivity index (χ4v) is 0.482. The molecule has 0 aromatic carbocycles. The van der Waals surface area contributed by atoms with Crippen LogP contribution in [0, 0.1) is 0 Å². The molecule has 0 spiro atoms. The Balaban J connectivity index is -0.000000169. The van der Waals surface area contributed by atoms with Crippen molar-refractivity contribution >= 4 is 0 Å². The van der Waals surface area contributed by atoms with Gasteiger partial charge in [0.25, 0.3) is 0 Å². The lowest BCUT2D eigenvalue weighted by Crippen LogP contribution is -1.68. The molecule has 0 bridgehead atoms. The lowest BCUT2D eigenvalue weighted by molar-refractivity contribution is 1.09. The summed E-state index contributed by atoms with van der Waals surface area (Å²) in [6.07, 6.45) is 7.88. The number of hydrogen-bond acceptors (Lipinski definition) is 0. The molecular formula is C13H26. The van der Waals surface area contributed by atoms with Crippen LogP contribution in [0.5, 0.6) is 0 Å².